The lowest BCUT2D eigenvalue weighted by Gasteiger charge is -2.27. The number of nitrogens with one attached hydrogen (secondary N) is 1. The molecule has 120 valence electrons. The molecule has 1 aliphatic rings. The van der Waals surface area contributed by atoms with E-state index in [1.165, 1.54) is 38.0 Å². The Bertz CT molecular complexity index is 394. The van der Waals surface area contributed by atoms with E-state index in [1.807, 2.05) is 12.1 Å². The van der Waals surface area contributed by atoms with Gasteiger partial charge in [0, 0.05) is 13.1 Å². The summed E-state index contributed by atoms with van der Waals surface area (Å²) in [6, 6.07) is 8.23. The number of para-hydroxylation sites is 1. The lowest BCUT2D eigenvalue weighted by Crippen LogP contribution is -2.35. The van der Waals surface area contributed by atoms with Gasteiger partial charge in [0.15, 0.2) is 0 Å². The zero-order valence-corrected chi connectivity index (χ0v) is 14.1. The van der Waals surface area contributed by atoms with Crippen molar-refractivity contribution in [3.63, 3.8) is 0 Å². The zero-order chi connectivity index (χ0) is 14.2. The molecule has 1 heterocycles. The van der Waals surface area contributed by atoms with Crippen LogP contribution in [0.25, 0.3) is 0 Å². The van der Waals surface area contributed by atoms with Crippen molar-refractivity contribution in [3.8, 4) is 5.75 Å². The molecule has 0 unspecified atom stereocenters. The summed E-state index contributed by atoms with van der Waals surface area (Å²) in [5.41, 5.74) is 1.22. The Hall–Kier alpha value is -0.770. The van der Waals surface area contributed by atoms with Crippen LogP contribution in [-0.2, 0) is 0 Å². The largest absolute Gasteiger partial charge is 0.493 e. The van der Waals surface area contributed by atoms with Gasteiger partial charge < -0.3 is 15.0 Å². The van der Waals surface area contributed by atoms with Gasteiger partial charge in [0.25, 0.3) is 0 Å². The number of halogens is 1. The van der Waals surface area contributed by atoms with E-state index in [2.05, 4.69) is 36.3 Å². The Balaban J connectivity index is 0.00000220. The first-order chi connectivity index (χ1) is 9.75. The molecule has 0 saturated carbocycles. The predicted octanol–water partition coefficient (Wildman–Crippen LogP) is 3.12. The highest BCUT2D eigenvalue weighted by Crippen LogP contribution is 2.16. The van der Waals surface area contributed by atoms with E-state index in [1.54, 1.807) is 0 Å². The summed E-state index contributed by atoms with van der Waals surface area (Å²) < 4.78 is 5.84. The molecule has 1 saturated heterocycles. The standard InChI is InChI=1S/C17H28N2O.ClH/c1-15-6-3-4-7-17(15)20-13-5-12-19(2)14-16-8-10-18-11-9-16;/h3-4,6-7,16,18H,5,8-14H2,1-2H3;1H. The van der Waals surface area contributed by atoms with E-state index in [0.29, 0.717) is 0 Å². The molecule has 1 N–H and O–H groups in total. The number of ether oxygens (including phenoxy) is 1. The topological polar surface area (TPSA) is 24.5 Å². The molecule has 0 amide bonds. The summed E-state index contributed by atoms with van der Waals surface area (Å²) in [5.74, 6) is 1.90. The molecular formula is C17H29ClN2O. The summed E-state index contributed by atoms with van der Waals surface area (Å²) in [5, 5.41) is 3.43. The fourth-order valence-corrected chi connectivity index (χ4v) is 2.83. The van der Waals surface area contributed by atoms with Crippen molar-refractivity contribution in [1.82, 2.24) is 10.2 Å². The lowest BCUT2D eigenvalue weighted by molar-refractivity contribution is 0.218. The van der Waals surface area contributed by atoms with Gasteiger partial charge in [-0.3, -0.25) is 0 Å². The van der Waals surface area contributed by atoms with Gasteiger partial charge in [-0.15, -0.1) is 12.4 Å². The van der Waals surface area contributed by atoms with Crippen LogP contribution in [0.3, 0.4) is 0 Å². The highest BCUT2D eigenvalue weighted by atomic mass is 35.5. The van der Waals surface area contributed by atoms with Crippen LogP contribution in [0.1, 0.15) is 24.8 Å². The zero-order valence-electron chi connectivity index (χ0n) is 13.3. The molecule has 0 radical (unpaired) electrons. The van der Waals surface area contributed by atoms with E-state index in [0.717, 1.165) is 31.2 Å². The van der Waals surface area contributed by atoms with Gasteiger partial charge in [0.05, 0.1) is 6.61 Å². The minimum atomic E-state index is 0. The number of hydrogen-bond donors (Lipinski definition) is 1. The molecule has 0 spiro atoms. The highest BCUT2D eigenvalue weighted by Gasteiger charge is 2.14. The molecule has 2 rings (SSSR count). The fourth-order valence-electron chi connectivity index (χ4n) is 2.83. The Morgan fingerprint density at radius 1 is 1.24 bits per heavy atom. The first-order valence-corrected chi connectivity index (χ1v) is 7.83. The number of benzene rings is 1. The summed E-state index contributed by atoms with van der Waals surface area (Å²) in [6.07, 6.45) is 3.74. The fraction of sp³-hybridized carbons (Fsp3) is 0.647. The van der Waals surface area contributed by atoms with Crippen molar-refractivity contribution in [1.29, 1.82) is 0 Å². The highest BCUT2D eigenvalue weighted by molar-refractivity contribution is 5.85. The molecule has 1 aromatic carbocycles. The molecule has 0 atom stereocenters. The van der Waals surface area contributed by atoms with Crippen molar-refractivity contribution in [2.24, 2.45) is 5.92 Å². The molecule has 4 heteroatoms. The van der Waals surface area contributed by atoms with Crippen LogP contribution in [0.15, 0.2) is 24.3 Å². The van der Waals surface area contributed by atoms with Crippen LogP contribution in [0, 0.1) is 12.8 Å². The Morgan fingerprint density at radius 3 is 2.67 bits per heavy atom. The van der Waals surface area contributed by atoms with Crippen molar-refractivity contribution in [2.75, 3.05) is 39.8 Å². The van der Waals surface area contributed by atoms with E-state index in [-0.39, 0.29) is 12.4 Å². The first-order valence-electron chi connectivity index (χ1n) is 7.83. The minimum Gasteiger partial charge on any atom is -0.493 e. The van der Waals surface area contributed by atoms with Gasteiger partial charge in [-0.1, -0.05) is 18.2 Å². The molecule has 3 nitrogen and oxygen atoms in total. The Kier molecular flexibility index (Phi) is 8.74. The number of hydrogen-bond acceptors (Lipinski definition) is 3. The molecule has 0 aromatic heterocycles. The van der Waals surface area contributed by atoms with Gasteiger partial charge >= 0.3 is 0 Å². The van der Waals surface area contributed by atoms with Gasteiger partial charge in [-0.25, -0.2) is 0 Å². The summed E-state index contributed by atoms with van der Waals surface area (Å²) in [7, 11) is 2.23. The van der Waals surface area contributed by atoms with Crippen molar-refractivity contribution >= 4 is 12.4 Å². The molecular weight excluding hydrogens is 284 g/mol. The number of rotatable bonds is 7. The van der Waals surface area contributed by atoms with Crippen LogP contribution in [0.4, 0.5) is 0 Å². The summed E-state index contributed by atoms with van der Waals surface area (Å²) in [4.78, 5) is 2.46. The van der Waals surface area contributed by atoms with E-state index in [4.69, 9.17) is 4.74 Å². The molecule has 0 aliphatic carbocycles. The number of piperidine rings is 1. The molecule has 0 bridgehead atoms. The molecule has 1 aliphatic heterocycles. The van der Waals surface area contributed by atoms with E-state index >= 15 is 0 Å². The van der Waals surface area contributed by atoms with E-state index < -0.39 is 0 Å². The summed E-state index contributed by atoms with van der Waals surface area (Å²) >= 11 is 0. The van der Waals surface area contributed by atoms with Gasteiger partial charge in [-0.2, -0.15) is 0 Å². The monoisotopic (exact) mass is 312 g/mol. The molecule has 21 heavy (non-hydrogen) atoms. The van der Waals surface area contributed by atoms with Crippen LogP contribution in [0.5, 0.6) is 5.75 Å². The normalized spacial score (nSPS) is 15.8. The number of aryl methyl sites for hydroxylation is 1. The maximum absolute atomic E-state index is 5.84. The second-order valence-electron chi connectivity index (χ2n) is 5.92. The van der Waals surface area contributed by atoms with Crippen LogP contribution in [-0.4, -0.2) is 44.7 Å². The lowest BCUT2D eigenvalue weighted by atomic mass is 9.98. The maximum atomic E-state index is 5.84. The van der Waals surface area contributed by atoms with Gasteiger partial charge in [0.2, 0.25) is 0 Å². The quantitative estimate of drug-likeness (QED) is 0.783. The van der Waals surface area contributed by atoms with Gasteiger partial charge in [0.1, 0.15) is 5.75 Å². The summed E-state index contributed by atoms with van der Waals surface area (Å²) in [6.45, 7) is 7.63. The average molecular weight is 313 g/mol. The second-order valence-corrected chi connectivity index (χ2v) is 5.92. The van der Waals surface area contributed by atoms with Crippen LogP contribution >= 0.6 is 12.4 Å². The first kappa shape index (κ1) is 18.3. The second kappa shape index (κ2) is 10.0. The Morgan fingerprint density at radius 2 is 1.95 bits per heavy atom. The van der Waals surface area contributed by atoms with Crippen LogP contribution in [0.2, 0.25) is 0 Å². The predicted molar refractivity (Wildman–Crippen MR) is 91.6 cm³/mol. The number of nitrogens with zero attached hydrogens (tertiary/aromatic N) is 1. The van der Waals surface area contributed by atoms with Crippen molar-refractivity contribution < 1.29 is 4.74 Å². The molecule has 1 fully saturated rings. The minimum absolute atomic E-state index is 0. The average Bonchev–Trinajstić information content (AvgIpc) is 2.46. The van der Waals surface area contributed by atoms with Crippen LogP contribution < -0.4 is 10.1 Å². The SMILES string of the molecule is Cc1ccccc1OCCCN(C)CC1CCNCC1.Cl. The third kappa shape index (κ3) is 6.68. The third-order valence-corrected chi connectivity index (χ3v) is 4.06. The van der Waals surface area contributed by atoms with Crippen molar-refractivity contribution in [3.05, 3.63) is 29.8 Å². The Labute approximate surface area is 135 Å². The van der Waals surface area contributed by atoms with E-state index in [9.17, 15) is 0 Å². The third-order valence-electron chi connectivity index (χ3n) is 4.06. The molecule has 1 aromatic rings. The maximum Gasteiger partial charge on any atom is 0.122 e. The smallest absolute Gasteiger partial charge is 0.122 e. The van der Waals surface area contributed by atoms with Gasteiger partial charge in [-0.05, 0) is 63.9 Å². The van der Waals surface area contributed by atoms with Crippen molar-refractivity contribution in [2.45, 2.75) is 26.2 Å².